The molecule has 1 aliphatic rings. The minimum absolute atomic E-state index is 0.101. The van der Waals surface area contributed by atoms with Crippen molar-refractivity contribution in [1.82, 2.24) is 4.90 Å². The van der Waals surface area contributed by atoms with Gasteiger partial charge in [-0.1, -0.05) is 0 Å². The van der Waals surface area contributed by atoms with Crippen LogP contribution < -0.4 is 0 Å². The van der Waals surface area contributed by atoms with Crippen LogP contribution in [-0.4, -0.2) is 80.4 Å². The average molecular weight is 417 g/mol. The monoisotopic (exact) mass is 417 g/mol. The van der Waals surface area contributed by atoms with Gasteiger partial charge in [-0.15, -0.1) is 0 Å². The number of alkyl halides is 6. The minimum Gasteiger partial charge on any atom is -0.438 e. The smallest absolute Gasteiger partial charge is 0.438 e. The molecule has 1 heterocycles. The van der Waals surface area contributed by atoms with Crippen LogP contribution in [-0.2, 0) is 24.4 Å². The Morgan fingerprint density at radius 2 is 1.58 bits per heavy atom. The number of halogens is 6. The molecule has 1 aliphatic heterocycles. The number of carbonyl (C=O) groups is 1. The Bertz CT molecular complexity index is 570. The summed E-state index contributed by atoms with van der Waals surface area (Å²) in [6.07, 6.45) is -13.5. The van der Waals surface area contributed by atoms with E-state index in [-0.39, 0.29) is 13.0 Å². The molecule has 154 valence electrons. The third kappa shape index (κ3) is 6.25. The van der Waals surface area contributed by atoms with Crippen LogP contribution in [0, 0.1) is 0 Å². The van der Waals surface area contributed by atoms with Gasteiger partial charge in [-0.25, -0.2) is 0 Å². The second kappa shape index (κ2) is 8.27. The lowest BCUT2D eigenvalue weighted by atomic mass is 10.1. The average Bonchev–Trinajstić information content (AvgIpc) is 2.44. The van der Waals surface area contributed by atoms with E-state index in [0.29, 0.717) is 26.3 Å². The highest BCUT2D eigenvalue weighted by atomic mass is 32.2. The Balaban J connectivity index is 2.85. The van der Waals surface area contributed by atoms with E-state index >= 15 is 0 Å². The molecule has 1 rings (SSSR count). The van der Waals surface area contributed by atoms with Crippen molar-refractivity contribution >= 4 is 16.1 Å². The number of carbonyl (C=O) groups excluding carboxylic acids is 1. The van der Waals surface area contributed by atoms with Gasteiger partial charge in [0.05, 0.1) is 13.2 Å². The summed E-state index contributed by atoms with van der Waals surface area (Å²) in [6, 6.07) is 0. The lowest BCUT2D eigenvalue weighted by Gasteiger charge is -2.35. The number of ether oxygens (including phenoxy) is 2. The maximum Gasteiger partial charge on any atom is 0.438 e. The van der Waals surface area contributed by atoms with Crippen molar-refractivity contribution in [3.05, 3.63) is 0 Å². The Morgan fingerprint density at radius 1 is 1.08 bits per heavy atom. The van der Waals surface area contributed by atoms with E-state index in [1.165, 1.54) is 0 Å². The van der Waals surface area contributed by atoms with Crippen molar-refractivity contribution in [1.29, 1.82) is 0 Å². The van der Waals surface area contributed by atoms with Crippen LogP contribution in [0.5, 0.6) is 0 Å². The van der Waals surface area contributed by atoms with Crippen LogP contribution in [0.2, 0.25) is 0 Å². The predicted octanol–water partition coefficient (Wildman–Crippen LogP) is 1.39. The van der Waals surface area contributed by atoms with Gasteiger partial charge in [0.25, 0.3) is 10.1 Å². The largest absolute Gasteiger partial charge is 0.438 e. The molecule has 14 heteroatoms. The number of hydrogen-bond acceptors (Lipinski definition) is 6. The summed E-state index contributed by atoms with van der Waals surface area (Å²) >= 11 is 0. The first-order chi connectivity index (χ1) is 11.7. The van der Waals surface area contributed by atoms with Gasteiger partial charge < -0.3 is 9.47 Å². The quantitative estimate of drug-likeness (QED) is 0.380. The number of nitrogens with zero attached hydrogens (tertiary/aromatic N) is 1. The summed E-state index contributed by atoms with van der Waals surface area (Å²) in [4.78, 5) is 13.3. The predicted molar refractivity (Wildman–Crippen MR) is 73.8 cm³/mol. The molecular weight excluding hydrogens is 400 g/mol. The van der Waals surface area contributed by atoms with Crippen LogP contribution in [0.4, 0.5) is 26.3 Å². The third-order valence-electron chi connectivity index (χ3n) is 3.55. The highest BCUT2D eigenvalue weighted by Crippen LogP contribution is 2.47. The standard InChI is InChI=1S/C12H17F6NO6S/c13-11(14,15)10(12(16,17)18,8-26(21,22)23)25-9(20)2-1-3-19-4-6-24-7-5-19/h1-8H2,(H,21,22,23). The molecule has 7 nitrogen and oxygen atoms in total. The van der Waals surface area contributed by atoms with E-state index in [4.69, 9.17) is 9.29 Å². The van der Waals surface area contributed by atoms with Crippen molar-refractivity contribution in [3.63, 3.8) is 0 Å². The second-order valence-electron chi connectivity index (χ2n) is 5.58. The van der Waals surface area contributed by atoms with Gasteiger partial charge >= 0.3 is 23.9 Å². The zero-order valence-electron chi connectivity index (χ0n) is 13.3. The van der Waals surface area contributed by atoms with Crippen molar-refractivity contribution in [2.75, 3.05) is 38.6 Å². The molecule has 0 bridgehead atoms. The molecule has 0 aromatic carbocycles. The van der Waals surface area contributed by atoms with Crippen molar-refractivity contribution in [2.24, 2.45) is 0 Å². The zero-order chi connectivity index (χ0) is 20.2. The first-order valence-electron chi connectivity index (χ1n) is 7.28. The Hall–Kier alpha value is -1.12. The molecule has 0 unspecified atom stereocenters. The second-order valence-corrected chi connectivity index (χ2v) is 7.03. The Kier molecular flexibility index (Phi) is 7.29. The van der Waals surface area contributed by atoms with E-state index in [9.17, 15) is 39.6 Å². The van der Waals surface area contributed by atoms with E-state index in [2.05, 4.69) is 4.74 Å². The van der Waals surface area contributed by atoms with Crippen molar-refractivity contribution in [3.8, 4) is 0 Å². The molecule has 0 aromatic heterocycles. The molecule has 0 amide bonds. The first-order valence-corrected chi connectivity index (χ1v) is 8.89. The van der Waals surface area contributed by atoms with Crippen LogP contribution in [0.25, 0.3) is 0 Å². The van der Waals surface area contributed by atoms with E-state index < -0.39 is 46.2 Å². The summed E-state index contributed by atoms with van der Waals surface area (Å²) in [5.74, 6) is -4.75. The van der Waals surface area contributed by atoms with Crippen LogP contribution in [0.3, 0.4) is 0 Å². The normalized spacial score (nSPS) is 18.0. The van der Waals surface area contributed by atoms with E-state index in [1.807, 2.05) is 0 Å². The Labute approximate surface area is 145 Å². The van der Waals surface area contributed by atoms with Gasteiger partial charge in [0.15, 0.2) is 0 Å². The highest BCUT2D eigenvalue weighted by Gasteiger charge is 2.75. The van der Waals surface area contributed by atoms with Gasteiger partial charge in [-0.05, 0) is 13.0 Å². The first kappa shape index (κ1) is 22.9. The lowest BCUT2D eigenvalue weighted by molar-refractivity contribution is -0.361. The fraction of sp³-hybridized carbons (Fsp3) is 0.917. The molecule has 0 atom stereocenters. The van der Waals surface area contributed by atoms with Gasteiger partial charge in [-0.2, -0.15) is 34.8 Å². The van der Waals surface area contributed by atoms with Gasteiger partial charge in [0.1, 0.15) is 5.75 Å². The molecule has 1 N–H and O–H groups in total. The Morgan fingerprint density at radius 3 is 2.00 bits per heavy atom. The SMILES string of the molecule is O=C(CCCN1CCOCC1)OC(CS(=O)(=O)O)(C(F)(F)F)C(F)(F)F. The molecule has 1 fully saturated rings. The summed E-state index contributed by atoms with van der Waals surface area (Å²) < 4.78 is 116. The molecule has 0 aliphatic carbocycles. The number of morpholine rings is 1. The molecule has 1 saturated heterocycles. The van der Waals surface area contributed by atoms with E-state index in [0.717, 1.165) is 0 Å². The summed E-state index contributed by atoms with van der Waals surface area (Å²) in [7, 11) is -5.77. The van der Waals surface area contributed by atoms with E-state index in [1.54, 1.807) is 4.90 Å². The molecule has 0 radical (unpaired) electrons. The summed E-state index contributed by atoms with van der Waals surface area (Å²) in [5.41, 5.74) is -5.34. The minimum atomic E-state index is -6.30. The fourth-order valence-corrected chi connectivity index (χ4v) is 3.14. The third-order valence-corrected chi connectivity index (χ3v) is 4.32. The highest BCUT2D eigenvalue weighted by molar-refractivity contribution is 7.85. The summed E-state index contributed by atoms with van der Waals surface area (Å²) in [6.45, 7) is 2.01. The molecular formula is C12H17F6NO6S. The van der Waals surface area contributed by atoms with Gasteiger partial charge in [-0.3, -0.25) is 14.2 Å². The maximum atomic E-state index is 13.0. The van der Waals surface area contributed by atoms with Crippen LogP contribution in [0.15, 0.2) is 0 Å². The molecule has 0 spiro atoms. The topological polar surface area (TPSA) is 93.1 Å². The van der Waals surface area contributed by atoms with Crippen molar-refractivity contribution in [2.45, 2.75) is 30.8 Å². The molecule has 0 saturated carbocycles. The van der Waals surface area contributed by atoms with Crippen molar-refractivity contribution < 1.29 is 53.6 Å². The fourth-order valence-electron chi connectivity index (χ4n) is 2.24. The maximum absolute atomic E-state index is 13.0. The molecule has 0 aromatic rings. The van der Waals surface area contributed by atoms with Crippen LogP contribution in [0.1, 0.15) is 12.8 Å². The van der Waals surface area contributed by atoms with Gasteiger partial charge in [0, 0.05) is 19.5 Å². The lowest BCUT2D eigenvalue weighted by Crippen LogP contribution is -2.63. The number of rotatable bonds is 7. The number of hydrogen-bond donors (Lipinski definition) is 1. The molecule has 26 heavy (non-hydrogen) atoms. The number of esters is 1. The van der Waals surface area contributed by atoms with Crippen LogP contribution >= 0.6 is 0 Å². The zero-order valence-corrected chi connectivity index (χ0v) is 14.1. The van der Waals surface area contributed by atoms with Gasteiger partial charge in [0.2, 0.25) is 0 Å². The summed E-state index contributed by atoms with van der Waals surface area (Å²) in [5, 5.41) is 0.